The molecule has 2 N–H and O–H groups in total. The molecule has 1 aliphatic heterocycles. The number of piperidine rings is 1. The highest BCUT2D eigenvalue weighted by Gasteiger charge is 2.29. The summed E-state index contributed by atoms with van der Waals surface area (Å²) in [7, 11) is 0. The van der Waals surface area contributed by atoms with Crippen molar-refractivity contribution >= 4 is 17.3 Å². The van der Waals surface area contributed by atoms with Gasteiger partial charge in [0.25, 0.3) is 5.69 Å². The van der Waals surface area contributed by atoms with Crippen LogP contribution in [0, 0.1) is 21.4 Å². The van der Waals surface area contributed by atoms with Crippen molar-refractivity contribution in [3.8, 4) is 6.07 Å². The van der Waals surface area contributed by atoms with Gasteiger partial charge in [-0.25, -0.2) is 0 Å². The minimum atomic E-state index is -0.549. The predicted molar refractivity (Wildman–Crippen MR) is 72.0 cm³/mol. The van der Waals surface area contributed by atoms with Gasteiger partial charge in [0.1, 0.15) is 12.1 Å². The smallest absolute Gasteiger partial charge is 0.270 e. The fraction of sp³-hybridized carbons (Fsp3) is 0.385. The van der Waals surface area contributed by atoms with Gasteiger partial charge in [0.15, 0.2) is 0 Å². The molecule has 0 spiro atoms. The van der Waals surface area contributed by atoms with Crippen LogP contribution in [0.5, 0.6) is 0 Å². The van der Waals surface area contributed by atoms with Gasteiger partial charge >= 0.3 is 0 Å². The zero-order chi connectivity index (χ0) is 14.7. The van der Waals surface area contributed by atoms with Gasteiger partial charge in [-0.2, -0.15) is 5.26 Å². The second kappa shape index (κ2) is 5.57. The van der Waals surface area contributed by atoms with E-state index in [1.54, 1.807) is 4.90 Å². The number of non-ortho nitro benzene ring substituents is 1. The van der Waals surface area contributed by atoms with Crippen LogP contribution < -0.4 is 10.6 Å². The molecule has 1 fully saturated rings. The molecular weight excluding hydrogens is 260 g/mol. The van der Waals surface area contributed by atoms with Crippen molar-refractivity contribution in [1.29, 1.82) is 5.26 Å². The molecule has 7 nitrogen and oxygen atoms in total. The molecule has 0 aliphatic carbocycles. The quantitative estimate of drug-likeness (QED) is 0.659. The van der Waals surface area contributed by atoms with Crippen molar-refractivity contribution in [2.75, 3.05) is 11.4 Å². The summed E-state index contributed by atoms with van der Waals surface area (Å²) in [5, 5.41) is 19.9. The maximum absolute atomic E-state index is 11.5. The van der Waals surface area contributed by atoms with Gasteiger partial charge < -0.3 is 10.6 Å². The van der Waals surface area contributed by atoms with Gasteiger partial charge in [-0.15, -0.1) is 0 Å². The second-order valence-electron chi connectivity index (χ2n) is 4.68. The van der Waals surface area contributed by atoms with Crippen molar-refractivity contribution in [2.24, 2.45) is 5.73 Å². The van der Waals surface area contributed by atoms with Crippen molar-refractivity contribution < 1.29 is 9.72 Å². The SMILES string of the molecule is N#Cc1cc([N+](=O)[O-])ccc1N1CCCCC1C(N)=O. The Balaban J connectivity index is 2.43. The minimum absolute atomic E-state index is 0.141. The molecule has 1 aromatic carbocycles. The van der Waals surface area contributed by atoms with Crippen molar-refractivity contribution in [2.45, 2.75) is 25.3 Å². The maximum Gasteiger partial charge on any atom is 0.270 e. The zero-order valence-corrected chi connectivity index (χ0v) is 10.8. The number of hydrogen-bond donors (Lipinski definition) is 1. The normalized spacial score (nSPS) is 18.4. The second-order valence-corrected chi connectivity index (χ2v) is 4.68. The van der Waals surface area contributed by atoms with Crippen LogP contribution in [-0.4, -0.2) is 23.4 Å². The highest BCUT2D eigenvalue weighted by molar-refractivity contribution is 5.84. The molecule has 1 aliphatic rings. The van der Waals surface area contributed by atoms with Crippen LogP contribution in [0.4, 0.5) is 11.4 Å². The molecule has 1 aromatic rings. The summed E-state index contributed by atoms with van der Waals surface area (Å²) >= 11 is 0. The molecule has 0 bridgehead atoms. The highest BCUT2D eigenvalue weighted by Crippen LogP contribution is 2.30. The lowest BCUT2D eigenvalue weighted by molar-refractivity contribution is -0.384. The Morgan fingerprint density at radius 1 is 1.50 bits per heavy atom. The van der Waals surface area contributed by atoms with Crippen molar-refractivity contribution in [1.82, 2.24) is 0 Å². The number of benzene rings is 1. The van der Waals surface area contributed by atoms with Crippen molar-refractivity contribution in [3.63, 3.8) is 0 Å². The third kappa shape index (κ3) is 2.54. The van der Waals surface area contributed by atoms with Gasteiger partial charge in [-0.1, -0.05) is 0 Å². The van der Waals surface area contributed by atoms with Gasteiger partial charge in [0.2, 0.25) is 5.91 Å². The van der Waals surface area contributed by atoms with Crippen LogP contribution in [-0.2, 0) is 4.79 Å². The summed E-state index contributed by atoms with van der Waals surface area (Å²) in [6, 6.07) is 5.56. The summed E-state index contributed by atoms with van der Waals surface area (Å²) < 4.78 is 0. The Kier molecular flexibility index (Phi) is 3.84. The number of carbonyl (C=O) groups is 1. The zero-order valence-electron chi connectivity index (χ0n) is 10.8. The fourth-order valence-corrected chi connectivity index (χ4v) is 2.49. The lowest BCUT2D eigenvalue weighted by Gasteiger charge is -2.35. The molecule has 7 heteroatoms. The standard InChI is InChI=1S/C13H14N4O3/c14-8-9-7-10(17(19)20)4-5-11(9)16-6-2-1-3-12(16)13(15)18/h4-5,7,12H,1-3,6H2,(H2,15,18). The molecule has 0 radical (unpaired) electrons. The number of nitro benzene ring substituents is 1. The van der Waals surface area contributed by atoms with Crippen LogP contribution in [0.1, 0.15) is 24.8 Å². The van der Waals surface area contributed by atoms with Gasteiger partial charge in [0, 0.05) is 18.7 Å². The topological polar surface area (TPSA) is 113 Å². The number of anilines is 1. The largest absolute Gasteiger partial charge is 0.368 e. The van der Waals surface area contributed by atoms with Crippen LogP contribution in [0.2, 0.25) is 0 Å². The van der Waals surface area contributed by atoms with Crippen LogP contribution in [0.25, 0.3) is 0 Å². The number of carbonyl (C=O) groups excluding carboxylic acids is 1. The molecule has 1 atom stereocenters. The van der Waals surface area contributed by atoms with Gasteiger partial charge in [0.05, 0.1) is 16.2 Å². The third-order valence-electron chi connectivity index (χ3n) is 3.45. The van der Waals surface area contributed by atoms with E-state index >= 15 is 0 Å². The number of primary amides is 1. The Morgan fingerprint density at radius 3 is 2.85 bits per heavy atom. The van der Waals surface area contributed by atoms with Crippen LogP contribution in [0.15, 0.2) is 18.2 Å². The van der Waals surface area contributed by atoms with E-state index in [1.165, 1.54) is 18.2 Å². The summed E-state index contributed by atoms with van der Waals surface area (Å²) in [6.45, 7) is 0.611. The Morgan fingerprint density at radius 2 is 2.25 bits per heavy atom. The number of nitrogens with two attached hydrogens (primary N) is 1. The van der Waals surface area contributed by atoms with E-state index in [0.717, 1.165) is 12.8 Å². The number of rotatable bonds is 3. The van der Waals surface area contributed by atoms with Crippen LogP contribution in [0.3, 0.4) is 0 Å². The first-order chi connectivity index (χ1) is 9.54. The molecule has 104 valence electrons. The number of nitriles is 1. The van der Waals surface area contributed by atoms with E-state index in [1.807, 2.05) is 6.07 Å². The number of nitrogens with zero attached hydrogens (tertiary/aromatic N) is 3. The summed E-state index contributed by atoms with van der Waals surface area (Å²) in [5.74, 6) is -0.438. The van der Waals surface area contributed by atoms with E-state index in [2.05, 4.69) is 0 Å². The molecule has 2 rings (SSSR count). The first-order valence-electron chi connectivity index (χ1n) is 6.29. The monoisotopic (exact) mass is 274 g/mol. The van der Waals surface area contributed by atoms with E-state index < -0.39 is 16.9 Å². The van der Waals surface area contributed by atoms with E-state index in [0.29, 0.717) is 18.7 Å². The average Bonchev–Trinajstić information content (AvgIpc) is 2.46. The summed E-state index contributed by atoms with van der Waals surface area (Å²) in [6.07, 6.45) is 2.43. The average molecular weight is 274 g/mol. The molecule has 1 unspecified atom stereocenters. The van der Waals surface area contributed by atoms with E-state index in [9.17, 15) is 14.9 Å². The molecule has 0 saturated carbocycles. The summed E-state index contributed by atoms with van der Waals surface area (Å²) in [5.41, 5.74) is 5.97. The first-order valence-corrected chi connectivity index (χ1v) is 6.29. The van der Waals surface area contributed by atoms with E-state index in [4.69, 9.17) is 11.0 Å². The number of nitro groups is 1. The number of hydrogen-bond acceptors (Lipinski definition) is 5. The van der Waals surface area contributed by atoms with Gasteiger partial charge in [-0.3, -0.25) is 14.9 Å². The third-order valence-corrected chi connectivity index (χ3v) is 3.45. The molecule has 1 heterocycles. The predicted octanol–water partition coefficient (Wildman–Crippen LogP) is 1.31. The first kappa shape index (κ1) is 13.8. The Bertz CT molecular complexity index is 594. The Hall–Kier alpha value is -2.62. The van der Waals surface area contributed by atoms with Crippen molar-refractivity contribution in [3.05, 3.63) is 33.9 Å². The minimum Gasteiger partial charge on any atom is -0.368 e. The van der Waals surface area contributed by atoms with Gasteiger partial charge in [-0.05, 0) is 25.3 Å². The highest BCUT2D eigenvalue weighted by atomic mass is 16.6. The maximum atomic E-state index is 11.5. The van der Waals surface area contributed by atoms with Crippen LogP contribution >= 0.6 is 0 Å². The molecule has 20 heavy (non-hydrogen) atoms. The number of amides is 1. The molecule has 1 saturated heterocycles. The lowest BCUT2D eigenvalue weighted by Crippen LogP contribution is -2.48. The molecular formula is C13H14N4O3. The fourth-order valence-electron chi connectivity index (χ4n) is 2.49. The molecule has 0 aromatic heterocycles. The van der Waals surface area contributed by atoms with E-state index in [-0.39, 0.29) is 11.3 Å². The Labute approximate surface area is 115 Å². The summed E-state index contributed by atoms with van der Waals surface area (Å²) in [4.78, 5) is 23.5. The lowest BCUT2D eigenvalue weighted by atomic mass is 9.99. The molecule has 1 amide bonds.